The lowest BCUT2D eigenvalue weighted by atomic mass is 9.81. The van der Waals surface area contributed by atoms with Crippen LogP contribution in [0.3, 0.4) is 0 Å². The highest BCUT2D eigenvalue weighted by Gasteiger charge is 2.30. The topological polar surface area (TPSA) is 15.8 Å². The average Bonchev–Trinajstić information content (AvgIpc) is 2.78. The molecule has 1 nitrogen and oxygen atoms in total. The van der Waals surface area contributed by atoms with Gasteiger partial charge in [-0.15, -0.1) is 0 Å². The fourth-order valence-corrected chi connectivity index (χ4v) is 3.50. The lowest BCUT2D eigenvalue weighted by Crippen LogP contribution is -2.19. The Kier molecular flexibility index (Phi) is 3.58. The van der Waals surface area contributed by atoms with E-state index in [1.807, 2.05) is 6.07 Å². The Morgan fingerprint density at radius 2 is 2.00 bits per heavy atom. The molecule has 0 bridgehead atoms. The van der Waals surface area contributed by atoms with Gasteiger partial charge in [0.1, 0.15) is 6.17 Å². The minimum Gasteiger partial charge on any atom is -0.358 e. The van der Waals surface area contributed by atoms with Crippen molar-refractivity contribution in [1.82, 2.24) is 4.98 Å². The van der Waals surface area contributed by atoms with Gasteiger partial charge in [0.15, 0.2) is 0 Å². The van der Waals surface area contributed by atoms with Crippen molar-refractivity contribution in [3.8, 4) is 0 Å². The van der Waals surface area contributed by atoms with Crippen LogP contribution in [0.25, 0.3) is 10.9 Å². The molecule has 3 rings (SSSR count). The smallest absolute Gasteiger partial charge is 0.107 e. The SMILES string of the molecule is CCCc1[nH]c2ccccc2c1C1CCCC[C@@H]1F. The van der Waals surface area contributed by atoms with Gasteiger partial charge in [-0.25, -0.2) is 4.39 Å². The molecule has 102 valence electrons. The van der Waals surface area contributed by atoms with Gasteiger partial charge in [-0.2, -0.15) is 0 Å². The highest BCUT2D eigenvalue weighted by molar-refractivity contribution is 5.85. The molecule has 0 radical (unpaired) electrons. The van der Waals surface area contributed by atoms with E-state index >= 15 is 0 Å². The summed E-state index contributed by atoms with van der Waals surface area (Å²) in [4.78, 5) is 3.52. The second kappa shape index (κ2) is 5.36. The molecule has 0 amide bonds. The molecule has 0 saturated heterocycles. The zero-order chi connectivity index (χ0) is 13.2. The van der Waals surface area contributed by atoms with Crippen molar-refractivity contribution in [2.24, 2.45) is 0 Å². The molecule has 1 aromatic heterocycles. The van der Waals surface area contributed by atoms with E-state index in [0.29, 0.717) is 0 Å². The molecule has 1 N–H and O–H groups in total. The Bertz CT molecular complexity index is 557. The Labute approximate surface area is 114 Å². The molecular weight excluding hydrogens is 237 g/mol. The van der Waals surface area contributed by atoms with Gasteiger partial charge in [0.05, 0.1) is 0 Å². The number of aromatic nitrogens is 1. The Morgan fingerprint density at radius 3 is 2.79 bits per heavy atom. The molecule has 1 heterocycles. The average molecular weight is 259 g/mol. The summed E-state index contributed by atoms with van der Waals surface area (Å²) >= 11 is 0. The summed E-state index contributed by atoms with van der Waals surface area (Å²) < 4.78 is 14.3. The van der Waals surface area contributed by atoms with E-state index < -0.39 is 6.17 Å². The molecule has 19 heavy (non-hydrogen) atoms. The van der Waals surface area contributed by atoms with E-state index in [1.54, 1.807) is 0 Å². The maximum absolute atomic E-state index is 14.3. The minimum absolute atomic E-state index is 0.103. The van der Waals surface area contributed by atoms with Crippen molar-refractivity contribution >= 4 is 10.9 Å². The van der Waals surface area contributed by atoms with Crippen LogP contribution in [0.5, 0.6) is 0 Å². The lowest BCUT2D eigenvalue weighted by molar-refractivity contribution is 0.216. The summed E-state index contributed by atoms with van der Waals surface area (Å²) in [5.74, 6) is 0.103. The molecule has 1 aliphatic rings. The number of nitrogens with one attached hydrogen (secondary N) is 1. The number of alkyl halides is 1. The van der Waals surface area contributed by atoms with E-state index in [1.165, 1.54) is 22.2 Å². The van der Waals surface area contributed by atoms with E-state index in [2.05, 4.69) is 30.1 Å². The minimum atomic E-state index is -0.663. The summed E-state index contributed by atoms with van der Waals surface area (Å²) in [6.45, 7) is 2.18. The molecule has 1 aromatic carbocycles. The van der Waals surface area contributed by atoms with Gasteiger partial charge in [0.25, 0.3) is 0 Å². The summed E-state index contributed by atoms with van der Waals surface area (Å²) in [7, 11) is 0. The molecule has 2 atom stereocenters. The van der Waals surface area contributed by atoms with Crippen molar-refractivity contribution in [2.75, 3.05) is 0 Å². The van der Waals surface area contributed by atoms with E-state index in [0.717, 1.165) is 38.5 Å². The van der Waals surface area contributed by atoms with Crippen LogP contribution >= 0.6 is 0 Å². The number of hydrogen-bond acceptors (Lipinski definition) is 0. The second-order valence-electron chi connectivity index (χ2n) is 5.72. The summed E-state index contributed by atoms with van der Waals surface area (Å²) in [6, 6.07) is 8.35. The number of fused-ring (bicyclic) bond motifs is 1. The third-order valence-electron chi connectivity index (χ3n) is 4.38. The zero-order valence-corrected chi connectivity index (χ0v) is 11.6. The Balaban J connectivity index is 2.10. The van der Waals surface area contributed by atoms with Crippen LogP contribution in [0.15, 0.2) is 24.3 Å². The largest absolute Gasteiger partial charge is 0.358 e. The van der Waals surface area contributed by atoms with Gasteiger partial charge in [0.2, 0.25) is 0 Å². The first-order valence-corrected chi connectivity index (χ1v) is 7.54. The number of aryl methyl sites for hydroxylation is 1. The molecule has 2 aromatic rings. The van der Waals surface area contributed by atoms with Crippen molar-refractivity contribution in [3.63, 3.8) is 0 Å². The summed E-state index contributed by atoms with van der Waals surface area (Å²) in [5.41, 5.74) is 3.70. The number of rotatable bonds is 3. The van der Waals surface area contributed by atoms with Crippen molar-refractivity contribution in [3.05, 3.63) is 35.5 Å². The highest BCUT2D eigenvalue weighted by atomic mass is 19.1. The number of benzene rings is 1. The van der Waals surface area contributed by atoms with Gasteiger partial charge in [-0.05, 0) is 30.9 Å². The molecular formula is C17H22FN. The molecule has 2 heteroatoms. The Hall–Kier alpha value is -1.31. The number of H-pyrrole nitrogens is 1. The fourth-order valence-electron chi connectivity index (χ4n) is 3.50. The molecule has 0 aliphatic heterocycles. The fraction of sp³-hybridized carbons (Fsp3) is 0.529. The lowest BCUT2D eigenvalue weighted by Gasteiger charge is -2.26. The quantitative estimate of drug-likeness (QED) is 0.787. The molecule has 0 spiro atoms. The number of hydrogen-bond donors (Lipinski definition) is 1. The van der Waals surface area contributed by atoms with Crippen LogP contribution in [0.2, 0.25) is 0 Å². The van der Waals surface area contributed by atoms with Gasteiger partial charge < -0.3 is 4.98 Å². The van der Waals surface area contributed by atoms with Crippen LogP contribution in [-0.2, 0) is 6.42 Å². The number of aromatic amines is 1. The van der Waals surface area contributed by atoms with Crippen LogP contribution < -0.4 is 0 Å². The second-order valence-corrected chi connectivity index (χ2v) is 5.72. The Morgan fingerprint density at radius 1 is 1.21 bits per heavy atom. The predicted octanol–water partition coefficient (Wildman–Crippen LogP) is 5.12. The summed E-state index contributed by atoms with van der Waals surface area (Å²) in [5, 5.41) is 1.24. The molecule has 1 fully saturated rings. The standard InChI is InChI=1S/C17H22FN/c1-2-7-16-17(12-8-3-5-10-14(12)18)13-9-4-6-11-15(13)19-16/h4,6,9,11-12,14,19H,2-3,5,7-8,10H2,1H3/t12?,14-/m0/s1. The maximum Gasteiger partial charge on any atom is 0.107 e. The first-order valence-electron chi connectivity index (χ1n) is 7.54. The third kappa shape index (κ3) is 2.29. The van der Waals surface area contributed by atoms with Gasteiger partial charge >= 0.3 is 0 Å². The van der Waals surface area contributed by atoms with E-state index in [4.69, 9.17) is 0 Å². The van der Waals surface area contributed by atoms with Crippen LogP contribution in [0.4, 0.5) is 4.39 Å². The van der Waals surface area contributed by atoms with Gasteiger partial charge in [-0.1, -0.05) is 44.4 Å². The predicted molar refractivity (Wildman–Crippen MR) is 78.4 cm³/mol. The molecule has 1 aliphatic carbocycles. The van der Waals surface area contributed by atoms with Crippen LogP contribution in [-0.4, -0.2) is 11.2 Å². The normalized spacial score (nSPS) is 23.9. The van der Waals surface area contributed by atoms with E-state index in [-0.39, 0.29) is 5.92 Å². The highest BCUT2D eigenvalue weighted by Crippen LogP contribution is 2.40. The summed E-state index contributed by atoms with van der Waals surface area (Å²) in [6.07, 6.45) is 5.40. The van der Waals surface area contributed by atoms with E-state index in [9.17, 15) is 4.39 Å². The molecule has 1 saturated carbocycles. The monoisotopic (exact) mass is 259 g/mol. The zero-order valence-electron chi connectivity index (χ0n) is 11.6. The third-order valence-corrected chi connectivity index (χ3v) is 4.38. The van der Waals surface area contributed by atoms with Crippen molar-refractivity contribution < 1.29 is 4.39 Å². The first kappa shape index (κ1) is 12.7. The van der Waals surface area contributed by atoms with Crippen LogP contribution in [0.1, 0.15) is 56.2 Å². The molecule has 1 unspecified atom stereocenters. The van der Waals surface area contributed by atoms with Gasteiger partial charge in [-0.3, -0.25) is 0 Å². The van der Waals surface area contributed by atoms with Gasteiger partial charge in [0, 0.05) is 22.5 Å². The maximum atomic E-state index is 14.3. The van der Waals surface area contributed by atoms with Crippen molar-refractivity contribution in [1.29, 1.82) is 0 Å². The van der Waals surface area contributed by atoms with Crippen molar-refractivity contribution in [2.45, 2.75) is 57.5 Å². The first-order chi connectivity index (χ1) is 9.31. The number of para-hydroxylation sites is 1. The number of halogens is 1. The van der Waals surface area contributed by atoms with Crippen LogP contribution in [0, 0.1) is 0 Å².